The Morgan fingerprint density at radius 3 is 2.76 bits per heavy atom. The van der Waals surface area contributed by atoms with Gasteiger partial charge in [0, 0.05) is 13.3 Å². The van der Waals surface area contributed by atoms with E-state index in [2.05, 4.69) is 9.98 Å². The van der Waals surface area contributed by atoms with Crippen molar-refractivity contribution in [2.24, 2.45) is 12.0 Å². The molecule has 0 aliphatic rings. The Balaban J connectivity index is 2.33. The summed E-state index contributed by atoms with van der Waals surface area (Å²) in [5.74, 6) is -0.00136. The summed E-state index contributed by atoms with van der Waals surface area (Å²) in [4.78, 5) is 17.9. The minimum Gasteiger partial charge on any atom is -0.358 e. The molecule has 17 heavy (non-hydrogen) atoms. The number of nitro groups is 1. The van der Waals surface area contributed by atoms with E-state index in [1.54, 1.807) is 13.3 Å². The number of aliphatic imine (C=N–C) groups is 1. The molecule has 2 rings (SSSR count). The third-order valence-electron chi connectivity index (χ3n) is 2.20. The lowest BCUT2D eigenvalue weighted by Gasteiger charge is -1.95. The van der Waals surface area contributed by atoms with Crippen molar-refractivity contribution in [1.82, 2.24) is 9.55 Å². The van der Waals surface area contributed by atoms with Crippen molar-refractivity contribution >= 4 is 17.9 Å². The molecule has 0 aliphatic heterocycles. The molecule has 0 amide bonds. The summed E-state index contributed by atoms with van der Waals surface area (Å²) >= 11 is 0. The molecule has 0 radical (unpaired) electrons. The summed E-state index contributed by atoms with van der Waals surface area (Å²) in [6, 6.07) is 9.37. The van der Waals surface area contributed by atoms with E-state index in [0.717, 1.165) is 5.56 Å². The van der Waals surface area contributed by atoms with E-state index < -0.39 is 4.92 Å². The van der Waals surface area contributed by atoms with Crippen LogP contribution < -0.4 is 0 Å². The molecular weight excluding hydrogens is 220 g/mol. The van der Waals surface area contributed by atoms with E-state index in [4.69, 9.17) is 0 Å². The van der Waals surface area contributed by atoms with Gasteiger partial charge in [-0.3, -0.25) is 4.57 Å². The minimum atomic E-state index is -0.544. The Morgan fingerprint density at radius 2 is 2.12 bits per heavy atom. The van der Waals surface area contributed by atoms with Gasteiger partial charge in [-0.15, -0.1) is 0 Å². The smallest absolute Gasteiger partial charge is 0.358 e. The van der Waals surface area contributed by atoms with Gasteiger partial charge in [0.05, 0.1) is 0 Å². The summed E-state index contributed by atoms with van der Waals surface area (Å²) in [5, 5.41) is 10.7. The molecule has 1 aromatic carbocycles. The standard InChI is InChI=1S/C11H10N4O2/c1-14-8-13-11(15(16)17)10(14)12-7-9-5-3-2-4-6-9/h2-8H,1H3. The van der Waals surface area contributed by atoms with Crippen LogP contribution in [0.1, 0.15) is 5.56 Å². The maximum atomic E-state index is 10.7. The van der Waals surface area contributed by atoms with Gasteiger partial charge in [-0.05, 0) is 15.5 Å². The molecule has 1 aromatic heterocycles. The number of rotatable bonds is 3. The first kappa shape index (κ1) is 11.0. The van der Waals surface area contributed by atoms with E-state index in [0.29, 0.717) is 0 Å². The molecule has 0 unspecified atom stereocenters. The van der Waals surface area contributed by atoms with Crippen LogP contribution in [-0.2, 0) is 7.05 Å². The number of aryl methyl sites for hydroxylation is 1. The van der Waals surface area contributed by atoms with Crippen molar-refractivity contribution in [3.05, 3.63) is 52.3 Å². The van der Waals surface area contributed by atoms with Gasteiger partial charge < -0.3 is 10.1 Å². The number of aromatic nitrogens is 2. The van der Waals surface area contributed by atoms with E-state index in [1.807, 2.05) is 30.3 Å². The molecule has 6 heteroatoms. The molecule has 6 nitrogen and oxygen atoms in total. The fourth-order valence-electron chi connectivity index (χ4n) is 1.36. The predicted molar refractivity (Wildman–Crippen MR) is 63.6 cm³/mol. The second kappa shape index (κ2) is 4.56. The van der Waals surface area contributed by atoms with Crippen LogP contribution in [0.15, 0.2) is 41.7 Å². The van der Waals surface area contributed by atoms with E-state index in [9.17, 15) is 10.1 Å². The third kappa shape index (κ3) is 2.36. The zero-order valence-corrected chi connectivity index (χ0v) is 9.15. The summed E-state index contributed by atoms with van der Waals surface area (Å²) in [7, 11) is 1.66. The Hall–Kier alpha value is -2.50. The second-order valence-electron chi connectivity index (χ2n) is 3.43. The van der Waals surface area contributed by atoms with Crippen LogP contribution in [0.25, 0.3) is 0 Å². The van der Waals surface area contributed by atoms with Crippen LogP contribution >= 0.6 is 0 Å². The molecule has 1 heterocycles. The lowest BCUT2D eigenvalue weighted by Crippen LogP contribution is -1.90. The molecule has 0 spiro atoms. The molecule has 0 saturated carbocycles. The van der Waals surface area contributed by atoms with Crippen molar-refractivity contribution in [2.75, 3.05) is 0 Å². The molecular formula is C11H10N4O2. The topological polar surface area (TPSA) is 73.3 Å². The fourth-order valence-corrected chi connectivity index (χ4v) is 1.36. The van der Waals surface area contributed by atoms with Crippen LogP contribution in [0, 0.1) is 10.1 Å². The van der Waals surface area contributed by atoms with Crippen LogP contribution in [0.4, 0.5) is 11.6 Å². The molecule has 0 saturated heterocycles. The summed E-state index contributed by atoms with van der Waals surface area (Å²) in [5.41, 5.74) is 0.878. The summed E-state index contributed by atoms with van der Waals surface area (Å²) < 4.78 is 1.51. The summed E-state index contributed by atoms with van der Waals surface area (Å²) in [6.45, 7) is 0. The first-order valence-electron chi connectivity index (χ1n) is 4.93. The molecule has 0 aliphatic carbocycles. The Labute approximate surface area is 97.4 Å². The van der Waals surface area contributed by atoms with Crippen molar-refractivity contribution < 1.29 is 4.92 Å². The monoisotopic (exact) mass is 230 g/mol. The number of hydrogen-bond donors (Lipinski definition) is 0. The van der Waals surface area contributed by atoms with Gasteiger partial charge in [-0.2, -0.15) is 0 Å². The number of hydrogen-bond acceptors (Lipinski definition) is 4. The number of nitrogens with zero attached hydrogens (tertiary/aromatic N) is 4. The first-order valence-corrected chi connectivity index (χ1v) is 4.93. The van der Waals surface area contributed by atoms with Crippen molar-refractivity contribution in [2.45, 2.75) is 0 Å². The van der Waals surface area contributed by atoms with Gasteiger partial charge in [0.15, 0.2) is 0 Å². The van der Waals surface area contributed by atoms with Gasteiger partial charge in [-0.25, -0.2) is 4.99 Å². The van der Waals surface area contributed by atoms with Gasteiger partial charge in [0.1, 0.15) is 0 Å². The highest BCUT2D eigenvalue weighted by Gasteiger charge is 2.18. The quantitative estimate of drug-likeness (QED) is 0.460. The lowest BCUT2D eigenvalue weighted by molar-refractivity contribution is -0.388. The highest BCUT2D eigenvalue weighted by molar-refractivity contribution is 5.82. The number of imidazole rings is 1. The van der Waals surface area contributed by atoms with Crippen molar-refractivity contribution in [1.29, 1.82) is 0 Å². The zero-order chi connectivity index (χ0) is 12.3. The fraction of sp³-hybridized carbons (Fsp3) is 0.0909. The Kier molecular flexibility index (Phi) is 2.95. The van der Waals surface area contributed by atoms with E-state index >= 15 is 0 Å². The Bertz CT molecular complexity index is 560. The van der Waals surface area contributed by atoms with Crippen LogP contribution in [-0.4, -0.2) is 20.7 Å². The highest BCUT2D eigenvalue weighted by atomic mass is 16.6. The second-order valence-corrected chi connectivity index (χ2v) is 3.43. The van der Waals surface area contributed by atoms with Crippen molar-refractivity contribution in [3.8, 4) is 0 Å². The third-order valence-corrected chi connectivity index (χ3v) is 2.20. The molecule has 0 atom stereocenters. The highest BCUT2D eigenvalue weighted by Crippen LogP contribution is 2.23. The molecule has 86 valence electrons. The van der Waals surface area contributed by atoms with Gasteiger partial charge >= 0.3 is 5.82 Å². The molecule has 0 N–H and O–H groups in total. The van der Waals surface area contributed by atoms with Crippen LogP contribution in [0.3, 0.4) is 0 Å². The van der Waals surface area contributed by atoms with Gasteiger partial charge in [0.2, 0.25) is 12.1 Å². The Morgan fingerprint density at radius 1 is 1.41 bits per heavy atom. The molecule has 0 fully saturated rings. The van der Waals surface area contributed by atoms with Gasteiger partial charge in [-0.1, -0.05) is 30.3 Å². The molecule has 2 aromatic rings. The normalized spacial score (nSPS) is 10.9. The van der Waals surface area contributed by atoms with E-state index in [-0.39, 0.29) is 11.6 Å². The molecule has 0 bridgehead atoms. The SMILES string of the molecule is Cn1cnc([N+](=O)[O-])c1N=Cc1ccccc1. The first-order chi connectivity index (χ1) is 8.18. The minimum absolute atomic E-state index is 0.235. The maximum Gasteiger partial charge on any atom is 0.408 e. The maximum absolute atomic E-state index is 10.7. The predicted octanol–water partition coefficient (Wildman–Crippen LogP) is 2.08. The van der Waals surface area contributed by atoms with Gasteiger partial charge in [0.25, 0.3) is 0 Å². The van der Waals surface area contributed by atoms with Crippen LogP contribution in [0.2, 0.25) is 0 Å². The lowest BCUT2D eigenvalue weighted by atomic mass is 10.2. The largest absolute Gasteiger partial charge is 0.408 e. The summed E-state index contributed by atoms with van der Waals surface area (Å²) in [6.07, 6.45) is 2.94. The average Bonchev–Trinajstić information content (AvgIpc) is 2.69. The average molecular weight is 230 g/mol. The van der Waals surface area contributed by atoms with Crippen molar-refractivity contribution in [3.63, 3.8) is 0 Å². The zero-order valence-electron chi connectivity index (χ0n) is 9.15. The van der Waals surface area contributed by atoms with Crippen LogP contribution in [0.5, 0.6) is 0 Å². The van der Waals surface area contributed by atoms with E-state index in [1.165, 1.54) is 10.9 Å². The number of benzene rings is 1.